The molecule has 1 N–H and O–H groups in total. The first-order valence-corrected chi connectivity index (χ1v) is 8.44. The minimum absolute atomic E-state index is 0.0883. The van der Waals surface area contributed by atoms with Gasteiger partial charge in [0.25, 0.3) is 0 Å². The van der Waals surface area contributed by atoms with Gasteiger partial charge in [0.1, 0.15) is 17.3 Å². The summed E-state index contributed by atoms with van der Waals surface area (Å²) in [6.45, 7) is 5.12. The smallest absolute Gasteiger partial charge is 0.161 e. The second-order valence-electron chi connectivity index (χ2n) is 5.76. The SMILES string of the molecule is C=C(/C=C(/C=Nc1ccccc1N=Cc1cc(OC)ccc1O)C(C)=O)OC. The molecular weight excluding hydrogens is 356 g/mol. The maximum Gasteiger partial charge on any atom is 0.161 e. The van der Waals surface area contributed by atoms with Crippen LogP contribution in [-0.2, 0) is 9.53 Å². The first kappa shape index (κ1) is 20.6. The summed E-state index contributed by atoms with van der Waals surface area (Å²) in [4.78, 5) is 20.6. The van der Waals surface area contributed by atoms with Gasteiger partial charge in [0.15, 0.2) is 5.78 Å². The maximum absolute atomic E-state index is 11.8. The molecule has 0 aliphatic carbocycles. The van der Waals surface area contributed by atoms with E-state index in [0.29, 0.717) is 34.0 Å². The minimum Gasteiger partial charge on any atom is -0.507 e. The van der Waals surface area contributed by atoms with Crippen LogP contribution in [0.25, 0.3) is 0 Å². The molecule has 0 heterocycles. The second-order valence-corrected chi connectivity index (χ2v) is 5.76. The molecule has 0 fully saturated rings. The predicted molar refractivity (Wildman–Crippen MR) is 111 cm³/mol. The average Bonchev–Trinajstić information content (AvgIpc) is 2.70. The van der Waals surface area contributed by atoms with E-state index in [1.165, 1.54) is 38.6 Å². The molecule has 0 bridgehead atoms. The summed E-state index contributed by atoms with van der Waals surface area (Å²) < 4.78 is 10.1. The van der Waals surface area contributed by atoms with Gasteiger partial charge in [0.05, 0.1) is 25.6 Å². The van der Waals surface area contributed by atoms with Gasteiger partial charge in [-0.15, -0.1) is 0 Å². The second kappa shape index (κ2) is 9.87. The number of benzene rings is 2. The van der Waals surface area contributed by atoms with Gasteiger partial charge >= 0.3 is 0 Å². The normalized spacial score (nSPS) is 11.8. The summed E-state index contributed by atoms with van der Waals surface area (Å²) in [6, 6.07) is 12.1. The number of allylic oxidation sites excluding steroid dienone is 2. The highest BCUT2D eigenvalue weighted by Gasteiger charge is 2.04. The maximum atomic E-state index is 11.8. The van der Waals surface area contributed by atoms with Gasteiger partial charge in [-0.25, -0.2) is 0 Å². The summed E-state index contributed by atoms with van der Waals surface area (Å²) in [7, 11) is 3.03. The van der Waals surface area contributed by atoms with E-state index in [-0.39, 0.29) is 11.5 Å². The lowest BCUT2D eigenvalue weighted by molar-refractivity contribution is -0.113. The summed E-state index contributed by atoms with van der Waals surface area (Å²) in [6.07, 6.45) is 4.50. The molecule has 0 spiro atoms. The number of aromatic hydroxyl groups is 1. The molecule has 144 valence electrons. The van der Waals surface area contributed by atoms with E-state index in [1.807, 2.05) is 12.1 Å². The van der Waals surface area contributed by atoms with Gasteiger partial charge in [-0.2, -0.15) is 0 Å². The monoisotopic (exact) mass is 378 g/mol. The number of aliphatic imine (C=N–C) groups is 2. The number of carbonyl (C=O) groups excluding carboxylic acids is 1. The molecule has 0 aliphatic rings. The molecule has 0 saturated heterocycles. The number of methoxy groups -OCH3 is 2. The van der Waals surface area contributed by atoms with Gasteiger partial charge in [-0.05, 0) is 43.3 Å². The van der Waals surface area contributed by atoms with Crippen LogP contribution in [0.3, 0.4) is 0 Å². The van der Waals surface area contributed by atoms with Crippen molar-refractivity contribution < 1.29 is 19.4 Å². The van der Waals surface area contributed by atoms with Crippen LogP contribution in [0, 0.1) is 0 Å². The van der Waals surface area contributed by atoms with Crippen molar-refractivity contribution in [1.29, 1.82) is 0 Å². The van der Waals surface area contributed by atoms with Crippen molar-refractivity contribution in [3.8, 4) is 11.5 Å². The third-order valence-corrected chi connectivity index (χ3v) is 3.79. The van der Waals surface area contributed by atoms with E-state index < -0.39 is 0 Å². The van der Waals surface area contributed by atoms with Gasteiger partial charge < -0.3 is 14.6 Å². The van der Waals surface area contributed by atoms with Crippen LogP contribution in [0.5, 0.6) is 11.5 Å². The Balaban J connectivity index is 2.34. The van der Waals surface area contributed by atoms with Gasteiger partial charge in [0.2, 0.25) is 0 Å². The zero-order valence-corrected chi connectivity index (χ0v) is 16.0. The van der Waals surface area contributed by atoms with E-state index in [1.54, 1.807) is 31.4 Å². The summed E-state index contributed by atoms with van der Waals surface area (Å²) in [5, 5.41) is 9.98. The third-order valence-electron chi connectivity index (χ3n) is 3.79. The highest BCUT2D eigenvalue weighted by Crippen LogP contribution is 2.28. The fourth-order valence-corrected chi connectivity index (χ4v) is 2.19. The van der Waals surface area contributed by atoms with Crippen LogP contribution in [0.15, 0.2) is 76.4 Å². The Hall–Kier alpha value is -3.67. The number of hydrogen-bond acceptors (Lipinski definition) is 6. The van der Waals surface area contributed by atoms with E-state index in [2.05, 4.69) is 16.6 Å². The number of phenols is 1. The van der Waals surface area contributed by atoms with Crippen LogP contribution in [0.2, 0.25) is 0 Å². The molecule has 2 aromatic rings. The number of Topliss-reactive ketones (excluding diaryl/α,β-unsaturated/α-hetero) is 1. The lowest BCUT2D eigenvalue weighted by Gasteiger charge is -2.04. The van der Waals surface area contributed by atoms with Crippen molar-refractivity contribution >= 4 is 29.6 Å². The molecule has 28 heavy (non-hydrogen) atoms. The third kappa shape index (κ3) is 5.67. The van der Waals surface area contributed by atoms with E-state index in [4.69, 9.17) is 9.47 Å². The fraction of sp³-hybridized carbons (Fsp3) is 0.136. The van der Waals surface area contributed by atoms with Crippen molar-refractivity contribution in [1.82, 2.24) is 0 Å². The molecule has 6 nitrogen and oxygen atoms in total. The highest BCUT2D eigenvalue weighted by molar-refractivity contribution is 6.13. The molecule has 2 aromatic carbocycles. The Kier molecular flexibility index (Phi) is 7.28. The molecular formula is C22H22N2O4. The Morgan fingerprint density at radius 3 is 2.39 bits per heavy atom. The Morgan fingerprint density at radius 1 is 1.11 bits per heavy atom. The molecule has 0 aliphatic heterocycles. The number of rotatable bonds is 8. The zero-order chi connectivity index (χ0) is 20.5. The van der Waals surface area contributed by atoms with Crippen LogP contribution in [0.4, 0.5) is 11.4 Å². The Morgan fingerprint density at radius 2 is 1.79 bits per heavy atom. The van der Waals surface area contributed by atoms with E-state index in [9.17, 15) is 9.90 Å². The van der Waals surface area contributed by atoms with Gasteiger partial charge in [-0.1, -0.05) is 18.7 Å². The molecule has 2 rings (SSSR count). The molecule has 0 atom stereocenters. The molecule has 0 aromatic heterocycles. The predicted octanol–water partition coefficient (Wildman–Crippen LogP) is 4.53. The first-order chi connectivity index (χ1) is 13.4. The molecule has 0 unspecified atom stereocenters. The number of nitrogens with zero attached hydrogens (tertiary/aromatic N) is 2. The molecule has 0 saturated carbocycles. The first-order valence-electron chi connectivity index (χ1n) is 8.44. The number of para-hydroxylation sites is 2. The van der Waals surface area contributed by atoms with Crippen LogP contribution >= 0.6 is 0 Å². The number of ether oxygens (including phenoxy) is 2. The van der Waals surface area contributed by atoms with E-state index >= 15 is 0 Å². The lowest BCUT2D eigenvalue weighted by atomic mass is 10.2. The topological polar surface area (TPSA) is 80.5 Å². The quantitative estimate of drug-likeness (QED) is 0.317. The van der Waals surface area contributed by atoms with Crippen LogP contribution < -0.4 is 4.74 Å². The van der Waals surface area contributed by atoms with Gasteiger partial charge in [-0.3, -0.25) is 14.8 Å². The van der Waals surface area contributed by atoms with Crippen molar-refractivity contribution in [3.05, 3.63) is 72.0 Å². The van der Waals surface area contributed by atoms with Crippen molar-refractivity contribution in [2.24, 2.45) is 9.98 Å². The van der Waals surface area contributed by atoms with Crippen LogP contribution in [0.1, 0.15) is 12.5 Å². The molecule has 0 radical (unpaired) electrons. The standard InChI is InChI=1S/C22H22N2O4/c1-15(27-3)11-17(16(2)25)13-23-20-7-5-6-8-21(20)24-14-18-12-19(28-4)9-10-22(18)26/h5-14,26H,1H2,2-4H3/b17-11-,23-13?,24-14?. The van der Waals surface area contributed by atoms with Crippen molar-refractivity contribution in [2.45, 2.75) is 6.92 Å². The summed E-state index contributed by atoms with van der Waals surface area (Å²) in [5.41, 5.74) is 2.01. The van der Waals surface area contributed by atoms with Gasteiger partial charge in [0, 0.05) is 23.6 Å². The van der Waals surface area contributed by atoms with E-state index in [0.717, 1.165) is 0 Å². The number of phenolic OH excluding ortho intramolecular Hbond substituents is 1. The summed E-state index contributed by atoms with van der Waals surface area (Å²) >= 11 is 0. The van der Waals surface area contributed by atoms with Crippen LogP contribution in [-0.4, -0.2) is 37.5 Å². The average molecular weight is 378 g/mol. The summed E-state index contributed by atoms with van der Waals surface area (Å²) in [5.74, 6) is 0.895. The zero-order valence-electron chi connectivity index (χ0n) is 16.0. The number of hydrogen-bond donors (Lipinski definition) is 1. The Labute approximate surface area is 164 Å². The number of ketones is 1. The van der Waals surface area contributed by atoms with Crippen molar-refractivity contribution in [2.75, 3.05) is 14.2 Å². The number of carbonyl (C=O) groups is 1. The highest BCUT2D eigenvalue weighted by atomic mass is 16.5. The molecule has 0 amide bonds. The minimum atomic E-state index is -0.163. The fourth-order valence-electron chi connectivity index (χ4n) is 2.19. The largest absolute Gasteiger partial charge is 0.507 e. The molecule has 6 heteroatoms. The lowest BCUT2D eigenvalue weighted by Crippen LogP contribution is -1.99. The van der Waals surface area contributed by atoms with Crippen molar-refractivity contribution in [3.63, 3.8) is 0 Å². The Bertz CT molecular complexity index is 959.